The SMILES string of the molecule is C1CC2C(C1)C1C[I-]CC21. The molecule has 0 radical (unpaired) electrons. The van der Waals surface area contributed by atoms with E-state index in [1.807, 2.05) is 0 Å². The summed E-state index contributed by atoms with van der Waals surface area (Å²) >= 11 is 0.698. The van der Waals surface area contributed by atoms with Gasteiger partial charge in [0.1, 0.15) is 0 Å². The molecule has 1 heterocycles. The first-order valence-electron chi connectivity index (χ1n) is 4.50. The van der Waals surface area contributed by atoms with Crippen molar-refractivity contribution >= 4 is 0 Å². The monoisotopic (exact) mass is 249 g/mol. The molecule has 0 aromatic carbocycles. The van der Waals surface area contributed by atoms with Crippen LogP contribution in [0, 0.1) is 23.7 Å². The van der Waals surface area contributed by atoms with E-state index in [0.717, 1.165) is 0 Å². The zero-order chi connectivity index (χ0) is 6.55. The Bertz CT molecular complexity index is 113. The van der Waals surface area contributed by atoms with Crippen molar-refractivity contribution in [3.8, 4) is 0 Å². The second-order valence-electron chi connectivity index (χ2n) is 4.08. The fraction of sp³-hybridized carbons (Fsp3) is 1.00. The Morgan fingerprint density at radius 3 is 2.00 bits per heavy atom. The summed E-state index contributed by atoms with van der Waals surface area (Å²) in [4.78, 5) is 0. The maximum atomic E-state index is 1.70. The van der Waals surface area contributed by atoms with Crippen LogP contribution in [-0.2, 0) is 0 Å². The molecule has 0 amide bonds. The normalized spacial score (nSPS) is 58.4. The summed E-state index contributed by atoms with van der Waals surface area (Å²) in [6.07, 6.45) is 4.78. The molecule has 0 N–H and O–H groups in total. The van der Waals surface area contributed by atoms with Gasteiger partial charge in [-0.25, -0.2) is 0 Å². The van der Waals surface area contributed by atoms with Crippen LogP contribution in [0.4, 0.5) is 0 Å². The van der Waals surface area contributed by atoms with E-state index < -0.39 is 0 Å². The van der Waals surface area contributed by atoms with Crippen molar-refractivity contribution in [3.63, 3.8) is 0 Å². The van der Waals surface area contributed by atoms with Crippen molar-refractivity contribution in [3.05, 3.63) is 0 Å². The molecular formula is C9H14I-. The van der Waals surface area contributed by atoms with Crippen LogP contribution in [0.25, 0.3) is 0 Å². The van der Waals surface area contributed by atoms with Crippen LogP contribution in [-0.4, -0.2) is 8.86 Å². The van der Waals surface area contributed by atoms with Gasteiger partial charge < -0.3 is 0 Å². The summed E-state index contributed by atoms with van der Waals surface area (Å²) in [5.41, 5.74) is 0. The van der Waals surface area contributed by atoms with Crippen molar-refractivity contribution in [1.29, 1.82) is 0 Å². The van der Waals surface area contributed by atoms with Gasteiger partial charge in [0.2, 0.25) is 0 Å². The van der Waals surface area contributed by atoms with Gasteiger partial charge >= 0.3 is 73.0 Å². The minimum absolute atomic E-state index is 0.698. The van der Waals surface area contributed by atoms with Crippen LogP contribution in [0.2, 0.25) is 0 Å². The number of hydrogen-bond donors (Lipinski definition) is 0. The molecule has 10 heavy (non-hydrogen) atoms. The zero-order valence-electron chi connectivity index (χ0n) is 6.22. The summed E-state index contributed by atoms with van der Waals surface area (Å²) in [5, 5.41) is 0. The Hall–Kier alpha value is 0.730. The summed E-state index contributed by atoms with van der Waals surface area (Å²) in [6, 6.07) is 0. The standard InChI is InChI=1S/C9H14I/c1-2-6-7(3-1)9-5-10-4-8(6)9/h6-9H,1-5H2/q-1. The summed E-state index contributed by atoms with van der Waals surface area (Å²) in [5.74, 6) is 5.01. The second kappa shape index (κ2) is 2.11. The first-order chi connectivity index (χ1) is 4.97. The molecule has 1 saturated heterocycles. The van der Waals surface area contributed by atoms with Crippen molar-refractivity contribution in [2.24, 2.45) is 23.7 Å². The van der Waals surface area contributed by atoms with Crippen LogP contribution in [0.3, 0.4) is 0 Å². The van der Waals surface area contributed by atoms with Gasteiger partial charge in [0.05, 0.1) is 0 Å². The molecule has 2 aliphatic carbocycles. The van der Waals surface area contributed by atoms with Crippen molar-refractivity contribution in [1.82, 2.24) is 0 Å². The van der Waals surface area contributed by atoms with Crippen LogP contribution < -0.4 is 21.2 Å². The predicted molar refractivity (Wildman–Crippen MR) is 37.5 cm³/mol. The molecule has 0 nitrogen and oxygen atoms in total. The molecule has 3 fully saturated rings. The average molecular weight is 249 g/mol. The molecule has 0 bridgehead atoms. The predicted octanol–water partition coefficient (Wildman–Crippen LogP) is -1.25. The minimum atomic E-state index is 0.698. The van der Waals surface area contributed by atoms with Gasteiger partial charge in [0, 0.05) is 0 Å². The Kier molecular flexibility index (Phi) is 1.33. The number of alkyl halides is 2. The summed E-state index contributed by atoms with van der Waals surface area (Å²) in [7, 11) is 0. The molecule has 0 aromatic rings. The molecule has 4 atom stereocenters. The molecule has 1 heteroatoms. The first-order valence-corrected chi connectivity index (χ1v) is 7.55. The van der Waals surface area contributed by atoms with Crippen molar-refractivity contribution in [2.45, 2.75) is 19.3 Å². The van der Waals surface area contributed by atoms with E-state index in [1.54, 1.807) is 28.1 Å². The molecule has 58 valence electrons. The second-order valence-corrected chi connectivity index (χ2v) is 6.92. The zero-order valence-corrected chi connectivity index (χ0v) is 8.38. The number of fused-ring (bicyclic) bond motifs is 4. The molecule has 3 rings (SSSR count). The van der Waals surface area contributed by atoms with Crippen LogP contribution in [0.5, 0.6) is 0 Å². The average Bonchev–Trinajstić information content (AvgIpc) is 2.42. The number of rotatable bonds is 0. The molecule has 4 unspecified atom stereocenters. The maximum absolute atomic E-state index is 1.70. The Morgan fingerprint density at radius 1 is 0.800 bits per heavy atom. The Morgan fingerprint density at radius 2 is 1.40 bits per heavy atom. The molecular weight excluding hydrogens is 235 g/mol. The van der Waals surface area contributed by atoms with Crippen molar-refractivity contribution in [2.75, 3.05) is 8.86 Å². The van der Waals surface area contributed by atoms with E-state index in [0.29, 0.717) is 21.2 Å². The van der Waals surface area contributed by atoms with Gasteiger partial charge in [0.15, 0.2) is 0 Å². The molecule has 0 aromatic heterocycles. The fourth-order valence-electron chi connectivity index (χ4n) is 3.34. The van der Waals surface area contributed by atoms with Gasteiger partial charge in [-0.3, -0.25) is 0 Å². The number of hydrogen-bond acceptors (Lipinski definition) is 0. The van der Waals surface area contributed by atoms with Gasteiger partial charge in [-0.1, -0.05) is 0 Å². The van der Waals surface area contributed by atoms with Gasteiger partial charge in [-0.05, 0) is 0 Å². The number of halogens is 1. The molecule has 3 aliphatic rings. The van der Waals surface area contributed by atoms with E-state index in [-0.39, 0.29) is 0 Å². The Labute approximate surface area is 73.0 Å². The molecule has 1 aliphatic heterocycles. The third-order valence-corrected chi connectivity index (χ3v) is 7.13. The van der Waals surface area contributed by atoms with E-state index in [4.69, 9.17) is 0 Å². The van der Waals surface area contributed by atoms with E-state index in [1.165, 1.54) is 23.7 Å². The first kappa shape index (κ1) is 6.27. The van der Waals surface area contributed by atoms with E-state index in [2.05, 4.69) is 0 Å². The Balaban J connectivity index is 1.84. The third kappa shape index (κ3) is 0.632. The molecule has 2 saturated carbocycles. The fourth-order valence-corrected chi connectivity index (χ4v) is 7.75. The quantitative estimate of drug-likeness (QED) is 0.372. The van der Waals surface area contributed by atoms with Crippen LogP contribution in [0.1, 0.15) is 19.3 Å². The summed E-state index contributed by atoms with van der Waals surface area (Å²) in [6.45, 7) is 0. The van der Waals surface area contributed by atoms with Gasteiger partial charge in [-0.15, -0.1) is 0 Å². The third-order valence-electron chi connectivity index (χ3n) is 3.85. The summed E-state index contributed by atoms with van der Waals surface area (Å²) < 4.78 is 3.40. The topological polar surface area (TPSA) is 0 Å². The van der Waals surface area contributed by atoms with Crippen LogP contribution >= 0.6 is 0 Å². The van der Waals surface area contributed by atoms with E-state index >= 15 is 0 Å². The van der Waals surface area contributed by atoms with Gasteiger partial charge in [0.25, 0.3) is 0 Å². The van der Waals surface area contributed by atoms with Crippen molar-refractivity contribution < 1.29 is 21.2 Å². The molecule has 0 spiro atoms. The van der Waals surface area contributed by atoms with E-state index in [9.17, 15) is 0 Å². The van der Waals surface area contributed by atoms with Crippen LogP contribution in [0.15, 0.2) is 0 Å². The van der Waals surface area contributed by atoms with Gasteiger partial charge in [-0.2, -0.15) is 0 Å².